The number of benzene rings is 2. The van der Waals surface area contributed by atoms with E-state index in [9.17, 15) is 9.59 Å². The minimum atomic E-state index is -0.880. The molecule has 0 aromatic heterocycles. The Labute approximate surface area is 140 Å². The van der Waals surface area contributed by atoms with Gasteiger partial charge in [-0.2, -0.15) is 0 Å². The minimum Gasteiger partial charge on any atom is -0.453 e. The summed E-state index contributed by atoms with van der Waals surface area (Å²) < 4.78 is 5.15. The predicted octanol–water partition coefficient (Wildman–Crippen LogP) is 3.84. The van der Waals surface area contributed by atoms with Gasteiger partial charge in [0.15, 0.2) is 6.10 Å². The van der Waals surface area contributed by atoms with E-state index < -0.39 is 18.0 Å². The van der Waals surface area contributed by atoms with Crippen molar-refractivity contribution < 1.29 is 14.3 Å². The Morgan fingerprint density at radius 2 is 1.74 bits per heavy atom. The number of anilines is 1. The van der Waals surface area contributed by atoms with Gasteiger partial charge in [-0.1, -0.05) is 54.1 Å². The molecular weight excluding hydrogens is 314 g/mol. The molecule has 1 N–H and O–H groups in total. The van der Waals surface area contributed by atoms with Gasteiger partial charge >= 0.3 is 5.97 Å². The summed E-state index contributed by atoms with van der Waals surface area (Å²) >= 11 is 5.97. The van der Waals surface area contributed by atoms with E-state index in [4.69, 9.17) is 16.3 Å². The van der Waals surface area contributed by atoms with Crippen molar-refractivity contribution in [3.63, 3.8) is 0 Å². The quantitative estimate of drug-likeness (QED) is 0.818. The fourth-order valence-electron chi connectivity index (χ4n) is 2.00. The predicted molar refractivity (Wildman–Crippen MR) is 90.4 cm³/mol. The maximum absolute atomic E-state index is 12.0. The summed E-state index contributed by atoms with van der Waals surface area (Å²) in [5.74, 6) is -0.818. The number of rotatable bonds is 6. The first kappa shape index (κ1) is 17.0. The molecule has 1 unspecified atom stereocenters. The zero-order valence-electron chi connectivity index (χ0n) is 12.8. The highest BCUT2D eigenvalue weighted by Crippen LogP contribution is 2.20. The van der Waals surface area contributed by atoms with Crippen LogP contribution in [0.2, 0.25) is 5.02 Å². The molecule has 0 saturated carbocycles. The summed E-state index contributed by atoms with van der Waals surface area (Å²) in [6.45, 7) is 1.53. The zero-order chi connectivity index (χ0) is 16.7. The van der Waals surface area contributed by atoms with Crippen molar-refractivity contribution >= 4 is 29.2 Å². The lowest BCUT2D eigenvalue weighted by molar-refractivity contribution is -0.153. The highest BCUT2D eigenvalue weighted by Gasteiger charge is 2.18. The van der Waals surface area contributed by atoms with Gasteiger partial charge in [0.05, 0.1) is 10.7 Å². The van der Waals surface area contributed by atoms with Crippen molar-refractivity contribution in [2.45, 2.75) is 25.9 Å². The number of hydrogen-bond acceptors (Lipinski definition) is 3. The third kappa shape index (κ3) is 5.42. The molecule has 23 heavy (non-hydrogen) atoms. The van der Waals surface area contributed by atoms with Crippen LogP contribution in [0.3, 0.4) is 0 Å². The van der Waals surface area contributed by atoms with Gasteiger partial charge < -0.3 is 10.1 Å². The summed E-state index contributed by atoms with van der Waals surface area (Å²) in [5, 5.41) is 3.07. The maximum atomic E-state index is 12.0. The summed E-state index contributed by atoms with van der Waals surface area (Å²) in [6, 6.07) is 16.5. The van der Waals surface area contributed by atoms with E-state index in [1.165, 1.54) is 6.92 Å². The molecule has 2 rings (SSSR count). The molecule has 0 saturated heterocycles. The normalized spacial score (nSPS) is 11.6. The molecule has 1 amide bonds. The van der Waals surface area contributed by atoms with Crippen LogP contribution in [0.4, 0.5) is 5.69 Å². The van der Waals surface area contributed by atoms with E-state index in [2.05, 4.69) is 5.32 Å². The van der Waals surface area contributed by atoms with E-state index in [0.717, 1.165) is 5.56 Å². The van der Waals surface area contributed by atoms with Gasteiger partial charge in [-0.15, -0.1) is 0 Å². The number of ether oxygens (including phenoxy) is 1. The number of halogens is 1. The van der Waals surface area contributed by atoms with Crippen molar-refractivity contribution in [2.24, 2.45) is 0 Å². The lowest BCUT2D eigenvalue weighted by atomic mass is 10.1. The third-order valence-electron chi connectivity index (χ3n) is 3.27. The van der Waals surface area contributed by atoms with Crippen molar-refractivity contribution in [3.05, 3.63) is 65.2 Å². The van der Waals surface area contributed by atoms with Crippen LogP contribution < -0.4 is 5.32 Å². The fraction of sp³-hybridized carbons (Fsp3) is 0.222. The number of para-hydroxylation sites is 1. The molecule has 0 aliphatic carbocycles. The lowest BCUT2D eigenvalue weighted by Gasteiger charge is -2.14. The molecular formula is C18H18ClNO3. The fourth-order valence-corrected chi connectivity index (χ4v) is 2.18. The first-order chi connectivity index (χ1) is 11.1. The van der Waals surface area contributed by atoms with Gasteiger partial charge in [0, 0.05) is 6.42 Å². The number of aryl methyl sites for hydroxylation is 1. The summed E-state index contributed by atoms with van der Waals surface area (Å²) in [4.78, 5) is 23.8. The lowest BCUT2D eigenvalue weighted by Crippen LogP contribution is -2.30. The van der Waals surface area contributed by atoms with E-state index in [1.807, 2.05) is 30.3 Å². The number of amides is 1. The Bertz CT molecular complexity index is 673. The molecule has 0 bridgehead atoms. The van der Waals surface area contributed by atoms with E-state index in [-0.39, 0.29) is 6.42 Å². The van der Waals surface area contributed by atoms with Crippen LogP contribution in [0.5, 0.6) is 0 Å². The Kier molecular flexibility index (Phi) is 6.18. The number of esters is 1. The molecule has 4 nitrogen and oxygen atoms in total. The Morgan fingerprint density at radius 3 is 2.43 bits per heavy atom. The zero-order valence-corrected chi connectivity index (χ0v) is 13.5. The van der Waals surface area contributed by atoms with Crippen LogP contribution in [0.15, 0.2) is 54.6 Å². The van der Waals surface area contributed by atoms with Crippen LogP contribution >= 0.6 is 11.6 Å². The van der Waals surface area contributed by atoms with Crippen LogP contribution in [0, 0.1) is 0 Å². The first-order valence-corrected chi connectivity index (χ1v) is 7.73. The number of hydrogen-bond donors (Lipinski definition) is 1. The molecule has 0 aliphatic heterocycles. The topological polar surface area (TPSA) is 55.4 Å². The van der Waals surface area contributed by atoms with Gasteiger partial charge in [-0.25, -0.2) is 0 Å². The maximum Gasteiger partial charge on any atom is 0.306 e. The first-order valence-electron chi connectivity index (χ1n) is 7.35. The van der Waals surface area contributed by atoms with E-state index in [0.29, 0.717) is 17.1 Å². The second kappa shape index (κ2) is 8.34. The van der Waals surface area contributed by atoms with Crippen molar-refractivity contribution in [3.8, 4) is 0 Å². The van der Waals surface area contributed by atoms with E-state index >= 15 is 0 Å². The number of carbonyl (C=O) groups excluding carboxylic acids is 2. The highest BCUT2D eigenvalue weighted by atomic mass is 35.5. The largest absolute Gasteiger partial charge is 0.453 e. The monoisotopic (exact) mass is 331 g/mol. The standard InChI is InChI=1S/C18H18ClNO3/c1-13(18(22)20-16-10-6-5-9-15(16)19)23-17(21)12-11-14-7-3-2-4-8-14/h2-10,13H,11-12H2,1H3,(H,20,22). The van der Waals surface area contributed by atoms with Crippen molar-refractivity contribution in [2.75, 3.05) is 5.32 Å². The Morgan fingerprint density at radius 1 is 1.09 bits per heavy atom. The smallest absolute Gasteiger partial charge is 0.306 e. The Hall–Kier alpha value is -2.33. The number of nitrogens with one attached hydrogen (secondary N) is 1. The summed E-state index contributed by atoms with van der Waals surface area (Å²) in [5.41, 5.74) is 1.55. The van der Waals surface area contributed by atoms with Gasteiger partial charge in [0.2, 0.25) is 0 Å². The average molecular weight is 332 g/mol. The van der Waals surface area contributed by atoms with E-state index in [1.54, 1.807) is 24.3 Å². The number of carbonyl (C=O) groups is 2. The van der Waals surface area contributed by atoms with Crippen molar-refractivity contribution in [1.82, 2.24) is 0 Å². The molecule has 1 atom stereocenters. The molecule has 2 aromatic carbocycles. The van der Waals surface area contributed by atoms with Crippen LogP contribution in [0.1, 0.15) is 18.9 Å². The molecule has 5 heteroatoms. The molecule has 0 heterocycles. The van der Waals surface area contributed by atoms with Crippen LogP contribution in [-0.4, -0.2) is 18.0 Å². The molecule has 0 fully saturated rings. The molecule has 0 spiro atoms. The second-order valence-corrected chi connectivity index (χ2v) is 5.49. The van der Waals surface area contributed by atoms with Crippen LogP contribution in [-0.2, 0) is 20.7 Å². The second-order valence-electron chi connectivity index (χ2n) is 5.09. The molecule has 2 aromatic rings. The highest BCUT2D eigenvalue weighted by molar-refractivity contribution is 6.33. The molecule has 120 valence electrons. The Balaban J connectivity index is 1.81. The van der Waals surface area contributed by atoms with Gasteiger partial charge in [-0.05, 0) is 31.0 Å². The van der Waals surface area contributed by atoms with Gasteiger partial charge in [0.1, 0.15) is 0 Å². The summed E-state index contributed by atoms with van der Waals surface area (Å²) in [6.07, 6.45) is -0.0683. The minimum absolute atomic E-state index is 0.230. The average Bonchev–Trinajstić information content (AvgIpc) is 2.56. The summed E-state index contributed by atoms with van der Waals surface area (Å²) in [7, 11) is 0. The SMILES string of the molecule is CC(OC(=O)CCc1ccccc1)C(=O)Nc1ccccc1Cl. The van der Waals surface area contributed by atoms with Gasteiger partial charge in [0.25, 0.3) is 5.91 Å². The van der Waals surface area contributed by atoms with Crippen molar-refractivity contribution in [1.29, 1.82) is 0 Å². The molecule has 0 aliphatic rings. The van der Waals surface area contributed by atoms with Crippen LogP contribution in [0.25, 0.3) is 0 Å². The van der Waals surface area contributed by atoms with Gasteiger partial charge in [-0.3, -0.25) is 9.59 Å². The molecule has 0 radical (unpaired) electrons. The third-order valence-corrected chi connectivity index (χ3v) is 3.60.